The number of carbonyl (C=O) groups is 2. The minimum absolute atomic E-state index is 0.0402. The van der Waals surface area contributed by atoms with Crippen LogP contribution in [0.5, 0.6) is 0 Å². The van der Waals surface area contributed by atoms with Crippen LogP contribution in [0.3, 0.4) is 0 Å². The van der Waals surface area contributed by atoms with Gasteiger partial charge in [0.1, 0.15) is 0 Å². The second kappa shape index (κ2) is 5.43. The van der Waals surface area contributed by atoms with E-state index < -0.39 is 11.9 Å². The summed E-state index contributed by atoms with van der Waals surface area (Å²) in [5, 5.41) is 9.08. The highest BCUT2D eigenvalue weighted by Gasteiger charge is 2.29. The fourth-order valence-electron chi connectivity index (χ4n) is 2.67. The first-order valence-corrected chi connectivity index (χ1v) is 6.59. The summed E-state index contributed by atoms with van der Waals surface area (Å²) in [6, 6.07) is 5.76. The third kappa shape index (κ3) is 2.78. The number of carboxylic acid groups (broad SMARTS) is 1. The van der Waals surface area contributed by atoms with E-state index in [1.807, 2.05) is 32.0 Å². The molecule has 1 amide bonds. The first-order valence-electron chi connectivity index (χ1n) is 6.59. The second-order valence-electron chi connectivity index (χ2n) is 5.20. The number of amides is 1. The van der Waals surface area contributed by atoms with Crippen molar-refractivity contribution in [3.05, 3.63) is 34.9 Å². The predicted octanol–water partition coefficient (Wildman–Crippen LogP) is 2.24. The summed E-state index contributed by atoms with van der Waals surface area (Å²) in [6.45, 7) is 4.80. The fraction of sp³-hybridized carbons (Fsp3) is 0.467. The predicted molar refractivity (Wildman–Crippen MR) is 72.2 cm³/mol. The number of nitrogens with zero attached hydrogens (tertiary/aromatic N) is 1. The van der Waals surface area contributed by atoms with Gasteiger partial charge in [-0.05, 0) is 37.8 Å². The van der Waals surface area contributed by atoms with E-state index in [0.717, 1.165) is 17.5 Å². The molecule has 2 rings (SSSR count). The fourth-order valence-corrected chi connectivity index (χ4v) is 2.67. The molecule has 1 heterocycles. The van der Waals surface area contributed by atoms with Crippen molar-refractivity contribution in [2.45, 2.75) is 26.7 Å². The number of piperidine rings is 1. The Balaban J connectivity index is 2.22. The number of benzene rings is 1. The molecule has 102 valence electrons. The molecule has 1 fully saturated rings. The largest absolute Gasteiger partial charge is 0.481 e. The number of carbonyl (C=O) groups excluding carboxylic acids is 1. The Morgan fingerprint density at radius 1 is 1.26 bits per heavy atom. The monoisotopic (exact) mass is 261 g/mol. The third-order valence-electron chi connectivity index (χ3n) is 3.75. The molecular formula is C15H19NO3. The molecule has 0 aromatic heterocycles. The highest BCUT2D eigenvalue weighted by Crippen LogP contribution is 2.21. The molecule has 1 aliphatic rings. The lowest BCUT2D eigenvalue weighted by Crippen LogP contribution is -2.42. The minimum Gasteiger partial charge on any atom is -0.481 e. The van der Waals surface area contributed by atoms with Crippen LogP contribution in [0, 0.1) is 19.8 Å². The van der Waals surface area contributed by atoms with Gasteiger partial charge in [-0.2, -0.15) is 0 Å². The molecule has 19 heavy (non-hydrogen) atoms. The lowest BCUT2D eigenvalue weighted by atomic mass is 9.96. The van der Waals surface area contributed by atoms with Crippen LogP contribution in [0.2, 0.25) is 0 Å². The van der Waals surface area contributed by atoms with Crippen LogP contribution in [-0.2, 0) is 4.79 Å². The van der Waals surface area contributed by atoms with E-state index in [0.29, 0.717) is 25.1 Å². The molecule has 1 N–H and O–H groups in total. The quantitative estimate of drug-likeness (QED) is 0.888. The standard InChI is InChI=1S/C15H19NO3/c1-10-5-3-6-11(2)13(10)14(17)16-8-4-7-12(9-16)15(18)19/h3,5-6,12H,4,7-9H2,1-2H3,(H,18,19)/t12-/m0/s1. The van der Waals surface area contributed by atoms with Crippen molar-refractivity contribution in [1.29, 1.82) is 0 Å². The lowest BCUT2D eigenvalue weighted by molar-refractivity contribution is -0.143. The van der Waals surface area contributed by atoms with Crippen LogP contribution in [0.15, 0.2) is 18.2 Å². The molecule has 1 aliphatic heterocycles. The summed E-state index contributed by atoms with van der Waals surface area (Å²) in [7, 11) is 0. The van der Waals surface area contributed by atoms with Gasteiger partial charge in [0.25, 0.3) is 5.91 Å². The van der Waals surface area contributed by atoms with Gasteiger partial charge in [-0.15, -0.1) is 0 Å². The number of carboxylic acids is 1. The van der Waals surface area contributed by atoms with Gasteiger partial charge in [0, 0.05) is 18.7 Å². The zero-order valence-corrected chi connectivity index (χ0v) is 11.3. The van der Waals surface area contributed by atoms with Gasteiger partial charge in [-0.1, -0.05) is 18.2 Å². The molecule has 1 aromatic carbocycles. The topological polar surface area (TPSA) is 57.6 Å². The molecule has 0 unspecified atom stereocenters. The summed E-state index contributed by atoms with van der Waals surface area (Å²) in [6.07, 6.45) is 1.42. The van der Waals surface area contributed by atoms with Crippen LogP contribution >= 0.6 is 0 Å². The van der Waals surface area contributed by atoms with E-state index in [1.165, 1.54) is 0 Å². The van der Waals surface area contributed by atoms with E-state index >= 15 is 0 Å². The Morgan fingerprint density at radius 3 is 2.47 bits per heavy atom. The number of likely N-dealkylation sites (tertiary alicyclic amines) is 1. The van der Waals surface area contributed by atoms with Crippen molar-refractivity contribution in [3.63, 3.8) is 0 Å². The molecule has 0 radical (unpaired) electrons. The number of rotatable bonds is 2. The minimum atomic E-state index is -0.806. The number of aliphatic carboxylic acids is 1. The SMILES string of the molecule is Cc1cccc(C)c1C(=O)N1CCC[C@H](C(=O)O)C1. The average molecular weight is 261 g/mol. The number of hydrogen-bond acceptors (Lipinski definition) is 2. The van der Waals surface area contributed by atoms with Gasteiger partial charge in [-0.3, -0.25) is 9.59 Å². The van der Waals surface area contributed by atoms with Crippen molar-refractivity contribution >= 4 is 11.9 Å². The molecule has 4 heteroatoms. The van der Waals surface area contributed by atoms with E-state index in [1.54, 1.807) is 4.90 Å². The Labute approximate surface area is 113 Å². The van der Waals surface area contributed by atoms with Crippen LogP contribution < -0.4 is 0 Å². The van der Waals surface area contributed by atoms with E-state index in [4.69, 9.17) is 5.11 Å². The van der Waals surface area contributed by atoms with E-state index in [9.17, 15) is 9.59 Å². The summed E-state index contributed by atoms with van der Waals surface area (Å²) in [5.74, 6) is -1.28. The van der Waals surface area contributed by atoms with Gasteiger partial charge in [0.2, 0.25) is 0 Å². The zero-order chi connectivity index (χ0) is 14.0. The molecule has 4 nitrogen and oxygen atoms in total. The maximum atomic E-state index is 12.5. The Kier molecular flexibility index (Phi) is 3.88. The van der Waals surface area contributed by atoms with Crippen molar-refractivity contribution in [2.75, 3.05) is 13.1 Å². The van der Waals surface area contributed by atoms with Gasteiger partial charge in [0.05, 0.1) is 5.92 Å². The van der Waals surface area contributed by atoms with Crippen molar-refractivity contribution in [2.24, 2.45) is 5.92 Å². The summed E-state index contributed by atoms with van der Waals surface area (Å²) in [4.78, 5) is 25.3. The molecule has 0 bridgehead atoms. The Morgan fingerprint density at radius 2 is 1.89 bits per heavy atom. The Hall–Kier alpha value is -1.84. The van der Waals surface area contributed by atoms with Gasteiger partial charge >= 0.3 is 5.97 Å². The van der Waals surface area contributed by atoms with Crippen LogP contribution in [0.25, 0.3) is 0 Å². The first kappa shape index (κ1) is 13.6. The average Bonchev–Trinajstić information content (AvgIpc) is 2.38. The molecule has 0 aliphatic carbocycles. The molecule has 0 spiro atoms. The van der Waals surface area contributed by atoms with Crippen molar-refractivity contribution in [1.82, 2.24) is 4.90 Å². The number of aryl methyl sites for hydroxylation is 2. The normalized spacial score (nSPS) is 19.3. The highest BCUT2D eigenvalue weighted by molar-refractivity contribution is 5.97. The van der Waals surface area contributed by atoms with Crippen LogP contribution in [-0.4, -0.2) is 35.0 Å². The summed E-state index contributed by atoms with van der Waals surface area (Å²) >= 11 is 0. The smallest absolute Gasteiger partial charge is 0.308 e. The molecular weight excluding hydrogens is 242 g/mol. The van der Waals surface area contributed by atoms with Gasteiger partial charge in [-0.25, -0.2) is 0 Å². The van der Waals surface area contributed by atoms with E-state index in [-0.39, 0.29) is 5.91 Å². The summed E-state index contributed by atoms with van der Waals surface area (Å²) < 4.78 is 0. The highest BCUT2D eigenvalue weighted by atomic mass is 16.4. The Bertz CT molecular complexity index is 490. The maximum Gasteiger partial charge on any atom is 0.308 e. The lowest BCUT2D eigenvalue weighted by Gasteiger charge is -2.31. The number of hydrogen-bond donors (Lipinski definition) is 1. The van der Waals surface area contributed by atoms with Crippen molar-refractivity contribution < 1.29 is 14.7 Å². The zero-order valence-electron chi connectivity index (χ0n) is 11.3. The second-order valence-corrected chi connectivity index (χ2v) is 5.20. The van der Waals surface area contributed by atoms with Crippen LogP contribution in [0.4, 0.5) is 0 Å². The molecule has 1 saturated heterocycles. The van der Waals surface area contributed by atoms with Gasteiger partial charge < -0.3 is 10.0 Å². The maximum absolute atomic E-state index is 12.5. The van der Waals surface area contributed by atoms with Gasteiger partial charge in [0.15, 0.2) is 0 Å². The third-order valence-corrected chi connectivity index (χ3v) is 3.75. The molecule has 1 aromatic rings. The van der Waals surface area contributed by atoms with E-state index in [2.05, 4.69) is 0 Å². The molecule has 1 atom stereocenters. The molecule has 0 saturated carbocycles. The van der Waals surface area contributed by atoms with Crippen LogP contribution in [0.1, 0.15) is 34.3 Å². The summed E-state index contributed by atoms with van der Waals surface area (Å²) in [5.41, 5.74) is 2.61. The first-order chi connectivity index (χ1) is 9.00. The van der Waals surface area contributed by atoms with Crippen molar-refractivity contribution in [3.8, 4) is 0 Å².